The Balaban J connectivity index is 0.000000960. The van der Waals surface area contributed by atoms with Gasteiger partial charge in [0.15, 0.2) is 0 Å². The third-order valence-electron chi connectivity index (χ3n) is 4.51. The SMILES string of the molecule is Cl.Cl.N#Cc1ccc2nc(N3CCN(C4CC4)CC3)ccc2c1. The highest BCUT2D eigenvalue weighted by Gasteiger charge is 2.31. The molecule has 1 aliphatic carbocycles. The van der Waals surface area contributed by atoms with Crippen LogP contribution in [0.5, 0.6) is 0 Å². The van der Waals surface area contributed by atoms with Crippen molar-refractivity contribution in [1.29, 1.82) is 5.26 Å². The van der Waals surface area contributed by atoms with E-state index in [1.165, 1.54) is 12.8 Å². The molecule has 2 heterocycles. The molecule has 0 N–H and O–H groups in total. The van der Waals surface area contributed by atoms with Gasteiger partial charge in [0.1, 0.15) is 5.82 Å². The summed E-state index contributed by atoms with van der Waals surface area (Å²) in [5, 5.41) is 9.98. The molecule has 0 unspecified atom stereocenters. The maximum atomic E-state index is 8.95. The van der Waals surface area contributed by atoms with Crippen molar-refractivity contribution in [3.8, 4) is 6.07 Å². The van der Waals surface area contributed by atoms with Crippen LogP contribution in [0.3, 0.4) is 0 Å². The van der Waals surface area contributed by atoms with Gasteiger partial charge in [-0.1, -0.05) is 0 Å². The number of benzene rings is 1. The monoisotopic (exact) mass is 350 g/mol. The number of rotatable bonds is 2. The number of hydrogen-bond acceptors (Lipinski definition) is 4. The van der Waals surface area contributed by atoms with Gasteiger partial charge in [-0.15, -0.1) is 24.8 Å². The number of nitriles is 1. The van der Waals surface area contributed by atoms with Gasteiger partial charge in [0.2, 0.25) is 0 Å². The summed E-state index contributed by atoms with van der Waals surface area (Å²) in [6.45, 7) is 4.42. The molecule has 122 valence electrons. The molecule has 0 amide bonds. The Hall–Kier alpha value is -1.54. The molecule has 2 aliphatic rings. The maximum absolute atomic E-state index is 8.95. The van der Waals surface area contributed by atoms with Crippen molar-refractivity contribution in [2.24, 2.45) is 0 Å². The average molecular weight is 351 g/mol. The van der Waals surface area contributed by atoms with Crippen molar-refractivity contribution in [2.45, 2.75) is 18.9 Å². The Labute approximate surface area is 148 Å². The van der Waals surface area contributed by atoms with Crippen LogP contribution < -0.4 is 4.90 Å². The summed E-state index contributed by atoms with van der Waals surface area (Å²) in [5.41, 5.74) is 1.66. The summed E-state index contributed by atoms with van der Waals surface area (Å²) in [4.78, 5) is 9.74. The minimum atomic E-state index is 0. The van der Waals surface area contributed by atoms with Gasteiger partial charge >= 0.3 is 0 Å². The number of piperazine rings is 1. The molecule has 1 saturated heterocycles. The normalized spacial score (nSPS) is 18.0. The molecule has 4 rings (SSSR count). The van der Waals surface area contributed by atoms with E-state index >= 15 is 0 Å². The molecule has 4 nitrogen and oxygen atoms in total. The van der Waals surface area contributed by atoms with E-state index < -0.39 is 0 Å². The van der Waals surface area contributed by atoms with E-state index in [4.69, 9.17) is 10.2 Å². The fourth-order valence-electron chi connectivity index (χ4n) is 3.12. The van der Waals surface area contributed by atoms with Crippen LogP contribution in [0.15, 0.2) is 30.3 Å². The maximum Gasteiger partial charge on any atom is 0.129 e. The lowest BCUT2D eigenvalue weighted by atomic mass is 10.1. The number of anilines is 1. The van der Waals surface area contributed by atoms with Gasteiger partial charge in [-0.25, -0.2) is 4.98 Å². The molecule has 2 fully saturated rings. The van der Waals surface area contributed by atoms with Gasteiger partial charge in [0.25, 0.3) is 0 Å². The highest BCUT2D eigenvalue weighted by molar-refractivity contribution is 5.85. The molecule has 1 aliphatic heterocycles. The summed E-state index contributed by atoms with van der Waals surface area (Å²) in [5.74, 6) is 1.06. The number of pyridine rings is 1. The second kappa shape index (κ2) is 7.35. The van der Waals surface area contributed by atoms with E-state index in [-0.39, 0.29) is 24.8 Å². The largest absolute Gasteiger partial charge is 0.354 e. The molecule has 23 heavy (non-hydrogen) atoms. The molecule has 6 heteroatoms. The first-order valence-corrected chi connectivity index (χ1v) is 7.63. The summed E-state index contributed by atoms with van der Waals surface area (Å²) < 4.78 is 0. The second-order valence-corrected chi connectivity index (χ2v) is 5.94. The van der Waals surface area contributed by atoms with Crippen LogP contribution >= 0.6 is 24.8 Å². The van der Waals surface area contributed by atoms with E-state index in [2.05, 4.69) is 28.0 Å². The lowest BCUT2D eigenvalue weighted by molar-refractivity contribution is 0.247. The van der Waals surface area contributed by atoms with E-state index in [1.54, 1.807) is 0 Å². The first kappa shape index (κ1) is 17.8. The van der Waals surface area contributed by atoms with Crippen LogP contribution in [0.2, 0.25) is 0 Å². The first-order chi connectivity index (χ1) is 10.3. The summed E-state index contributed by atoms with van der Waals surface area (Å²) in [6.07, 6.45) is 2.77. The van der Waals surface area contributed by atoms with Crippen LogP contribution in [-0.4, -0.2) is 42.1 Å². The van der Waals surface area contributed by atoms with Crippen molar-refractivity contribution in [3.63, 3.8) is 0 Å². The molecular formula is C17H20Cl2N4. The molecular weight excluding hydrogens is 331 g/mol. The van der Waals surface area contributed by atoms with Crippen LogP contribution in [0.4, 0.5) is 5.82 Å². The smallest absolute Gasteiger partial charge is 0.129 e. The van der Waals surface area contributed by atoms with Gasteiger partial charge < -0.3 is 4.90 Å². The van der Waals surface area contributed by atoms with Crippen molar-refractivity contribution < 1.29 is 0 Å². The van der Waals surface area contributed by atoms with E-state index in [0.29, 0.717) is 5.56 Å². The molecule has 0 radical (unpaired) electrons. The van der Waals surface area contributed by atoms with Crippen LogP contribution in [0.1, 0.15) is 18.4 Å². The van der Waals surface area contributed by atoms with Crippen molar-refractivity contribution in [1.82, 2.24) is 9.88 Å². The third kappa shape index (κ3) is 3.69. The van der Waals surface area contributed by atoms with Crippen molar-refractivity contribution in [2.75, 3.05) is 31.1 Å². The minimum Gasteiger partial charge on any atom is -0.354 e. The first-order valence-electron chi connectivity index (χ1n) is 7.63. The number of hydrogen-bond donors (Lipinski definition) is 0. The van der Waals surface area contributed by atoms with Crippen LogP contribution in [-0.2, 0) is 0 Å². The summed E-state index contributed by atoms with van der Waals surface area (Å²) in [7, 11) is 0. The third-order valence-corrected chi connectivity index (χ3v) is 4.51. The average Bonchev–Trinajstić information content (AvgIpc) is 3.39. The Kier molecular flexibility index (Phi) is 5.69. The zero-order valence-electron chi connectivity index (χ0n) is 12.8. The highest BCUT2D eigenvalue weighted by atomic mass is 35.5. The summed E-state index contributed by atoms with van der Waals surface area (Å²) >= 11 is 0. The number of nitrogens with zero attached hydrogens (tertiary/aromatic N) is 4. The van der Waals surface area contributed by atoms with Crippen molar-refractivity contribution in [3.05, 3.63) is 35.9 Å². The zero-order valence-corrected chi connectivity index (χ0v) is 14.4. The predicted octanol–water partition coefficient (Wildman–Crippen LogP) is 3.23. The van der Waals surface area contributed by atoms with E-state index in [1.807, 2.05) is 18.2 Å². The van der Waals surface area contributed by atoms with Gasteiger partial charge in [0.05, 0.1) is 17.1 Å². The second-order valence-electron chi connectivity index (χ2n) is 5.94. The van der Waals surface area contributed by atoms with E-state index in [9.17, 15) is 0 Å². The van der Waals surface area contributed by atoms with Gasteiger partial charge in [-0.2, -0.15) is 5.26 Å². The Morgan fingerprint density at radius 3 is 2.39 bits per heavy atom. The fraction of sp³-hybridized carbons (Fsp3) is 0.412. The zero-order chi connectivity index (χ0) is 14.2. The van der Waals surface area contributed by atoms with Crippen molar-refractivity contribution >= 4 is 41.5 Å². The Morgan fingerprint density at radius 2 is 1.74 bits per heavy atom. The molecule has 1 saturated carbocycles. The molecule has 2 aromatic rings. The topological polar surface area (TPSA) is 43.2 Å². The predicted molar refractivity (Wildman–Crippen MR) is 97.8 cm³/mol. The number of halogens is 2. The van der Waals surface area contributed by atoms with Gasteiger partial charge in [-0.05, 0) is 43.2 Å². The summed E-state index contributed by atoms with van der Waals surface area (Å²) in [6, 6.07) is 12.9. The van der Waals surface area contributed by atoms with Crippen LogP contribution in [0, 0.1) is 11.3 Å². The fourth-order valence-corrected chi connectivity index (χ4v) is 3.12. The lowest BCUT2D eigenvalue weighted by Gasteiger charge is -2.35. The lowest BCUT2D eigenvalue weighted by Crippen LogP contribution is -2.47. The molecule has 0 atom stereocenters. The standard InChI is InChI=1S/C17H18N4.2ClH/c18-12-13-1-5-16-14(11-13)2-6-17(19-16)21-9-7-20(8-10-21)15-3-4-15;;/h1-2,5-6,11,15H,3-4,7-10H2;2*1H. The minimum absolute atomic E-state index is 0. The molecule has 0 spiro atoms. The van der Waals surface area contributed by atoms with E-state index in [0.717, 1.165) is 48.9 Å². The number of fused-ring (bicyclic) bond motifs is 1. The Morgan fingerprint density at radius 1 is 1.00 bits per heavy atom. The van der Waals surface area contributed by atoms with Gasteiger partial charge in [0, 0.05) is 37.6 Å². The molecule has 1 aromatic heterocycles. The highest BCUT2D eigenvalue weighted by Crippen LogP contribution is 2.28. The molecule has 0 bridgehead atoms. The Bertz CT molecular complexity index is 716. The number of aromatic nitrogens is 1. The molecule has 1 aromatic carbocycles. The quantitative estimate of drug-likeness (QED) is 0.833. The van der Waals surface area contributed by atoms with Gasteiger partial charge in [-0.3, -0.25) is 4.90 Å². The van der Waals surface area contributed by atoms with Crippen LogP contribution in [0.25, 0.3) is 10.9 Å².